The van der Waals surface area contributed by atoms with E-state index in [2.05, 4.69) is 36.3 Å². The first-order valence-corrected chi connectivity index (χ1v) is 12.9. The SMILES string of the molecule is C[C@H](c1ccco1)N(C)Cc1cccc(OC2CCN(C(=O)c3cccc(N4CCNC4=O)c3)CC2)c1. The maximum atomic E-state index is 13.2. The molecular weight excluding hydrogens is 468 g/mol. The predicted octanol–water partition coefficient (Wildman–Crippen LogP) is 4.69. The highest BCUT2D eigenvalue weighted by Crippen LogP contribution is 2.25. The maximum absolute atomic E-state index is 13.2. The van der Waals surface area contributed by atoms with Gasteiger partial charge in [0.05, 0.1) is 12.3 Å². The number of carbonyl (C=O) groups is 2. The number of hydrogen-bond donors (Lipinski definition) is 1. The fourth-order valence-electron chi connectivity index (χ4n) is 4.96. The standard InChI is InChI=1S/C29H34N4O4/c1-21(27-10-5-17-36-27)31(2)20-22-6-3-9-26(18-22)37-25-11-14-32(15-12-25)28(34)23-7-4-8-24(19-23)33-16-13-30-29(33)35/h3-10,17-19,21,25H,11-16,20H2,1-2H3,(H,30,35)/t21-/m1/s1. The van der Waals surface area contributed by atoms with E-state index in [0.717, 1.165) is 36.6 Å². The van der Waals surface area contributed by atoms with Gasteiger partial charge in [-0.3, -0.25) is 14.6 Å². The first-order valence-electron chi connectivity index (χ1n) is 12.9. The lowest BCUT2D eigenvalue weighted by Gasteiger charge is -2.32. The number of carbonyl (C=O) groups excluding carboxylic acids is 2. The summed E-state index contributed by atoms with van der Waals surface area (Å²) in [6, 6.07) is 19.5. The molecule has 37 heavy (non-hydrogen) atoms. The van der Waals surface area contributed by atoms with Gasteiger partial charge in [0.2, 0.25) is 0 Å². The number of hydrogen-bond acceptors (Lipinski definition) is 5. The molecule has 8 nitrogen and oxygen atoms in total. The molecule has 1 aromatic heterocycles. The molecule has 1 N–H and O–H groups in total. The molecule has 1 atom stereocenters. The Morgan fingerprint density at radius 1 is 1.11 bits per heavy atom. The quantitative estimate of drug-likeness (QED) is 0.484. The van der Waals surface area contributed by atoms with Crippen LogP contribution in [0.25, 0.3) is 0 Å². The van der Waals surface area contributed by atoms with E-state index in [9.17, 15) is 9.59 Å². The largest absolute Gasteiger partial charge is 0.490 e. The number of ether oxygens (including phenoxy) is 1. The molecule has 8 heteroatoms. The molecule has 194 valence electrons. The second kappa shape index (κ2) is 11.1. The average molecular weight is 503 g/mol. The van der Waals surface area contributed by atoms with Crippen LogP contribution in [-0.4, -0.2) is 61.1 Å². The fraction of sp³-hybridized carbons (Fsp3) is 0.379. The number of furan rings is 1. The minimum absolute atomic E-state index is 0.00406. The van der Waals surface area contributed by atoms with Crippen LogP contribution >= 0.6 is 0 Å². The fourth-order valence-corrected chi connectivity index (χ4v) is 4.96. The highest BCUT2D eigenvalue weighted by atomic mass is 16.5. The van der Waals surface area contributed by atoms with Crippen molar-refractivity contribution in [1.29, 1.82) is 0 Å². The van der Waals surface area contributed by atoms with Crippen LogP contribution in [0.4, 0.5) is 10.5 Å². The van der Waals surface area contributed by atoms with Crippen LogP contribution in [0, 0.1) is 0 Å². The van der Waals surface area contributed by atoms with Crippen molar-refractivity contribution in [1.82, 2.24) is 15.1 Å². The lowest BCUT2D eigenvalue weighted by atomic mass is 10.1. The van der Waals surface area contributed by atoms with E-state index in [1.165, 1.54) is 5.56 Å². The summed E-state index contributed by atoms with van der Waals surface area (Å²) in [7, 11) is 2.09. The van der Waals surface area contributed by atoms with Gasteiger partial charge < -0.3 is 19.4 Å². The van der Waals surface area contributed by atoms with Gasteiger partial charge in [-0.1, -0.05) is 18.2 Å². The van der Waals surface area contributed by atoms with Crippen molar-refractivity contribution < 1.29 is 18.7 Å². The zero-order valence-electron chi connectivity index (χ0n) is 21.4. The molecule has 3 amide bonds. The number of amides is 3. The van der Waals surface area contributed by atoms with Gasteiger partial charge in [-0.2, -0.15) is 0 Å². The molecule has 3 heterocycles. The Balaban J connectivity index is 1.14. The molecular formula is C29H34N4O4. The van der Waals surface area contributed by atoms with Crippen molar-refractivity contribution in [3.63, 3.8) is 0 Å². The van der Waals surface area contributed by atoms with E-state index in [-0.39, 0.29) is 24.1 Å². The second-order valence-corrected chi connectivity index (χ2v) is 9.80. The predicted molar refractivity (Wildman–Crippen MR) is 142 cm³/mol. The molecule has 0 radical (unpaired) electrons. The smallest absolute Gasteiger partial charge is 0.321 e. The minimum atomic E-state index is -0.120. The molecule has 2 fully saturated rings. The van der Waals surface area contributed by atoms with Crippen LogP contribution in [0.5, 0.6) is 5.75 Å². The molecule has 3 aromatic rings. The lowest BCUT2D eigenvalue weighted by Crippen LogP contribution is -2.41. The summed E-state index contributed by atoms with van der Waals surface area (Å²) >= 11 is 0. The van der Waals surface area contributed by atoms with E-state index >= 15 is 0 Å². The van der Waals surface area contributed by atoms with Gasteiger partial charge in [0.15, 0.2) is 0 Å². The molecule has 0 unspecified atom stereocenters. The maximum Gasteiger partial charge on any atom is 0.321 e. The van der Waals surface area contributed by atoms with Gasteiger partial charge in [-0.05, 0) is 62.0 Å². The van der Waals surface area contributed by atoms with Gasteiger partial charge >= 0.3 is 6.03 Å². The van der Waals surface area contributed by atoms with E-state index in [1.807, 2.05) is 53.4 Å². The summed E-state index contributed by atoms with van der Waals surface area (Å²) < 4.78 is 11.9. The molecule has 0 aliphatic carbocycles. The number of anilines is 1. The minimum Gasteiger partial charge on any atom is -0.490 e. The Hall–Kier alpha value is -3.78. The number of likely N-dealkylation sites (tertiary alicyclic amines) is 1. The van der Waals surface area contributed by atoms with Gasteiger partial charge in [0.25, 0.3) is 5.91 Å². The van der Waals surface area contributed by atoms with Crippen molar-refractivity contribution in [2.24, 2.45) is 0 Å². The Morgan fingerprint density at radius 3 is 2.65 bits per heavy atom. The second-order valence-electron chi connectivity index (χ2n) is 9.80. The van der Waals surface area contributed by atoms with Crippen LogP contribution in [0.15, 0.2) is 71.3 Å². The van der Waals surface area contributed by atoms with Crippen molar-refractivity contribution >= 4 is 17.6 Å². The lowest BCUT2D eigenvalue weighted by molar-refractivity contribution is 0.0595. The Morgan fingerprint density at radius 2 is 1.92 bits per heavy atom. The summed E-state index contributed by atoms with van der Waals surface area (Å²) in [5.74, 6) is 1.80. The molecule has 0 bridgehead atoms. The first-order chi connectivity index (χ1) is 18.0. The first kappa shape index (κ1) is 24.9. The number of benzene rings is 2. The summed E-state index contributed by atoms with van der Waals surface area (Å²) in [5.41, 5.74) is 2.54. The van der Waals surface area contributed by atoms with E-state index < -0.39 is 0 Å². The van der Waals surface area contributed by atoms with Crippen molar-refractivity contribution in [2.75, 3.05) is 38.1 Å². The number of piperidine rings is 1. The van der Waals surface area contributed by atoms with E-state index in [0.29, 0.717) is 31.7 Å². The van der Waals surface area contributed by atoms with Gasteiger partial charge in [-0.25, -0.2) is 4.79 Å². The molecule has 5 rings (SSSR count). The van der Waals surface area contributed by atoms with Crippen LogP contribution in [-0.2, 0) is 6.54 Å². The van der Waals surface area contributed by atoms with Crippen molar-refractivity contribution in [3.05, 3.63) is 83.8 Å². The number of nitrogens with zero attached hydrogens (tertiary/aromatic N) is 3. The summed E-state index contributed by atoms with van der Waals surface area (Å²) in [6.45, 7) is 5.42. The molecule has 2 aliphatic rings. The highest BCUT2D eigenvalue weighted by Gasteiger charge is 2.26. The monoisotopic (exact) mass is 502 g/mol. The highest BCUT2D eigenvalue weighted by molar-refractivity contribution is 5.98. The molecule has 0 saturated carbocycles. The summed E-state index contributed by atoms with van der Waals surface area (Å²) in [5, 5.41) is 2.80. The third kappa shape index (κ3) is 5.80. The van der Waals surface area contributed by atoms with Crippen LogP contribution in [0.2, 0.25) is 0 Å². The number of rotatable bonds is 8. The Labute approximate surface area is 217 Å². The van der Waals surface area contributed by atoms with E-state index in [1.54, 1.807) is 11.2 Å². The van der Waals surface area contributed by atoms with Gasteiger partial charge in [0.1, 0.15) is 17.6 Å². The van der Waals surface area contributed by atoms with Crippen LogP contribution in [0.3, 0.4) is 0 Å². The Kier molecular flexibility index (Phi) is 7.46. The number of nitrogens with one attached hydrogen (secondary N) is 1. The zero-order chi connectivity index (χ0) is 25.8. The normalized spacial score (nSPS) is 17.2. The van der Waals surface area contributed by atoms with Crippen LogP contribution in [0.1, 0.15) is 47.5 Å². The van der Waals surface area contributed by atoms with Crippen molar-refractivity contribution in [2.45, 2.75) is 38.5 Å². The molecule has 2 aliphatic heterocycles. The van der Waals surface area contributed by atoms with E-state index in [4.69, 9.17) is 9.15 Å². The average Bonchev–Trinajstić information content (AvgIpc) is 3.61. The third-order valence-electron chi connectivity index (χ3n) is 7.24. The van der Waals surface area contributed by atoms with Gasteiger partial charge in [0, 0.05) is 56.8 Å². The third-order valence-corrected chi connectivity index (χ3v) is 7.24. The zero-order valence-corrected chi connectivity index (χ0v) is 21.4. The van der Waals surface area contributed by atoms with Crippen LogP contribution < -0.4 is 15.0 Å². The summed E-state index contributed by atoms with van der Waals surface area (Å²) in [4.78, 5) is 30.9. The number of urea groups is 1. The van der Waals surface area contributed by atoms with Gasteiger partial charge in [-0.15, -0.1) is 0 Å². The Bertz CT molecular complexity index is 1220. The van der Waals surface area contributed by atoms with Crippen molar-refractivity contribution in [3.8, 4) is 5.75 Å². The summed E-state index contributed by atoms with van der Waals surface area (Å²) in [6.07, 6.45) is 3.33. The molecule has 0 spiro atoms. The molecule has 2 aromatic carbocycles. The topological polar surface area (TPSA) is 78.3 Å². The molecule has 2 saturated heterocycles.